The van der Waals surface area contributed by atoms with Crippen molar-refractivity contribution in [3.05, 3.63) is 61.2 Å². The number of hydrogen-bond acceptors (Lipinski definition) is 6. The number of ether oxygens (including phenoxy) is 2. The lowest BCUT2D eigenvalue weighted by Crippen LogP contribution is -2.56. The fraction of sp³-hybridized carbons (Fsp3) is 0.567. The molecule has 1 N–H and O–H groups in total. The average Bonchev–Trinajstić information content (AvgIpc) is 3.41. The van der Waals surface area contributed by atoms with E-state index in [0.717, 1.165) is 5.56 Å². The van der Waals surface area contributed by atoms with E-state index in [2.05, 4.69) is 13.2 Å². The quantitative estimate of drug-likeness (QED) is 0.242. The zero-order valence-electron chi connectivity index (χ0n) is 22.5. The highest BCUT2D eigenvalue weighted by atomic mass is 16.6. The van der Waals surface area contributed by atoms with Crippen LogP contribution in [0.5, 0.6) is 0 Å². The molecule has 1 aromatic rings. The number of amides is 2. The summed E-state index contributed by atoms with van der Waals surface area (Å²) in [7, 11) is 0. The molecular formula is C30H40N2O6. The molecule has 0 aliphatic carbocycles. The van der Waals surface area contributed by atoms with Gasteiger partial charge in [0.05, 0.1) is 18.1 Å². The molecule has 1 aromatic carbocycles. The van der Waals surface area contributed by atoms with Crippen molar-refractivity contribution < 1.29 is 29.0 Å². The summed E-state index contributed by atoms with van der Waals surface area (Å²) in [5, 5.41) is 9.37. The molecule has 8 nitrogen and oxygen atoms in total. The summed E-state index contributed by atoms with van der Waals surface area (Å²) in [6.07, 6.45) is 5.41. The molecule has 206 valence electrons. The number of esters is 1. The molecule has 3 aliphatic rings. The zero-order valence-corrected chi connectivity index (χ0v) is 22.5. The van der Waals surface area contributed by atoms with E-state index in [9.17, 15) is 19.5 Å². The van der Waals surface area contributed by atoms with Crippen LogP contribution in [-0.4, -0.2) is 76.2 Å². The average molecular weight is 525 g/mol. The fourth-order valence-corrected chi connectivity index (χ4v) is 6.71. The van der Waals surface area contributed by atoms with Crippen molar-refractivity contribution in [3.63, 3.8) is 0 Å². The minimum atomic E-state index is -1.13. The first kappa shape index (κ1) is 28.0. The number of unbranched alkanes of at least 4 members (excludes halogenated alkanes) is 1. The molecule has 3 aliphatic heterocycles. The Morgan fingerprint density at radius 1 is 1.24 bits per heavy atom. The molecule has 38 heavy (non-hydrogen) atoms. The monoisotopic (exact) mass is 524 g/mol. The number of carbonyl (C=O) groups is 3. The normalized spacial score (nSPS) is 31.2. The third kappa shape index (κ3) is 4.69. The van der Waals surface area contributed by atoms with Crippen molar-refractivity contribution >= 4 is 17.8 Å². The van der Waals surface area contributed by atoms with Crippen LogP contribution in [0.3, 0.4) is 0 Å². The topological polar surface area (TPSA) is 96.4 Å². The Balaban J connectivity index is 1.73. The maximum absolute atomic E-state index is 14.4. The van der Waals surface area contributed by atoms with Crippen molar-refractivity contribution in [2.75, 3.05) is 26.3 Å². The summed E-state index contributed by atoms with van der Waals surface area (Å²) in [5.41, 5.74) is -1.07. The Morgan fingerprint density at radius 3 is 2.63 bits per heavy atom. The van der Waals surface area contributed by atoms with Crippen LogP contribution in [0.25, 0.3) is 0 Å². The fourth-order valence-electron chi connectivity index (χ4n) is 6.71. The van der Waals surface area contributed by atoms with Gasteiger partial charge in [-0.3, -0.25) is 14.4 Å². The summed E-state index contributed by atoms with van der Waals surface area (Å²) >= 11 is 0. The molecule has 8 heteroatoms. The second-order valence-electron chi connectivity index (χ2n) is 10.9. The number of likely N-dealkylation sites (tertiary alicyclic amines) is 1. The van der Waals surface area contributed by atoms with Gasteiger partial charge in [0.25, 0.3) is 0 Å². The van der Waals surface area contributed by atoms with Crippen molar-refractivity contribution in [3.8, 4) is 0 Å². The second kappa shape index (κ2) is 11.4. The van der Waals surface area contributed by atoms with Crippen LogP contribution in [0, 0.1) is 17.8 Å². The lowest BCUT2D eigenvalue weighted by Gasteiger charge is -2.37. The molecule has 4 rings (SSSR count). The Kier molecular flexibility index (Phi) is 8.43. The number of nitrogens with zero attached hydrogens (tertiary/aromatic N) is 2. The van der Waals surface area contributed by atoms with Gasteiger partial charge in [-0.25, -0.2) is 0 Å². The molecule has 3 saturated heterocycles. The van der Waals surface area contributed by atoms with Crippen molar-refractivity contribution in [2.24, 2.45) is 17.8 Å². The number of fused-ring (bicyclic) bond motifs is 1. The maximum Gasteiger partial charge on any atom is 0.312 e. The Hall–Kier alpha value is -2.97. The Bertz CT molecular complexity index is 1060. The summed E-state index contributed by atoms with van der Waals surface area (Å²) in [6.45, 7) is 12.6. The number of aliphatic hydroxyl groups is 1. The molecule has 0 radical (unpaired) electrons. The molecule has 2 bridgehead atoms. The number of carbonyl (C=O) groups excluding carboxylic acids is 3. The molecule has 2 amide bonds. The third-order valence-electron chi connectivity index (χ3n) is 8.55. The summed E-state index contributed by atoms with van der Waals surface area (Å²) < 4.78 is 12.3. The number of rotatable bonds is 13. The zero-order chi connectivity index (χ0) is 27.5. The Morgan fingerprint density at radius 2 is 1.97 bits per heavy atom. The van der Waals surface area contributed by atoms with Gasteiger partial charge in [-0.1, -0.05) is 49.4 Å². The molecule has 6 atom stereocenters. The van der Waals surface area contributed by atoms with Crippen molar-refractivity contribution in [1.82, 2.24) is 9.80 Å². The molecular weight excluding hydrogens is 484 g/mol. The van der Waals surface area contributed by atoms with Gasteiger partial charge < -0.3 is 24.4 Å². The largest absolute Gasteiger partial charge is 0.465 e. The van der Waals surface area contributed by atoms with Gasteiger partial charge in [0.2, 0.25) is 11.8 Å². The minimum absolute atomic E-state index is 0.00429. The summed E-state index contributed by atoms with van der Waals surface area (Å²) in [6, 6.07) is 8.81. The van der Waals surface area contributed by atoms with E-state index in [1.165, 1.54) is 0 Å². The first-order valence-electron chi connectivity index (χ1n) is 13.6. The Labute approximate surface area is 225 Å². The smallest absolute Gasteiger partial charge is 0.312 e. The van der Waals surface area contributed by atoms with Crippen LogP contribution in [0.4, 0.5) is 0 Å². The highest BCUT2D eigenvalue weighted by Gasteiger charge is 2.80. The summed E-state index contributed by atoms with van der Waals surface area (Å²) in [4.78, 5) is 45.2. The van der Waals surface area contributed by atoms with E-state index in [-0.39, 0.29) is 30.9 Å². The van der Waals surface area contributed by atoms with Gasteiger partial charge in [0, 0.05) is 26.2 Å². The second-order valence-corrected chi connectivity index (χ2v) is 10.9. The van der Waals surface area contributed by atoms with E-state index < -0.39 is 35.0 Å². The number of aliphatic hydroxyl groups excluding tert-OH is 1. The molecule has 3 unspecified atom stereocenters. The highest BCUT2D eigenvalue weighted by molar-refractivity contribution is 5.98. The van der Waals surface area contributed by atoms with Crippen molar-refractivity contribution in [2.45, 2.75) is 63.3 Å². The van der Waals surface area contributed by atoms with E-state index >= 15 is 0 Å². The summed E-state index contributed by atoms with van der Waals surface area (Å²) in [5.74, 6) is -2.59. The highest BCUT2D eigenvalue weighted by Crippen LogP contribution is 2.65. The van der Waals surface area contributed by atoms with Crippen LogP contribution in [0.1, 0.15) is 45.1 Å². The predicted octanol–water partition coefficient (Wildman–Crippen LogP) is 3.10. The molecule has 0 aromatic heterocycles. The first-order valence-corrected chi connectivity index (χ1v) is 13.6. The van der Waals surface area contributed by atoms with E-state index in [0.29, 0.717) is 45.3 Å². The van der Waals surface area contributed by atoms with E-state index in [4.69, 9.17) is 9.47 Å². The minimum Gasteiger partial charge on any atom is -0.465 e. The van der Waals surface area contributed by atoms with E-state index in [1.54, 1.807) is 22.0 Å². The van der Waals surface area contributed by atoms with Gasteiger partial charge in [0.15, 0.2) is 0 Å². The van der Waals surface area contributed by atoms with Gasteiger partial charge in [-0.15, -0.1) is 13.2 Å². The lowest BCUT2D eigenvalue weighted by molar-refractivity contribution is -0.162. The van der Waals surface area contributed by atoms with E-state index in [1.807, 2.05) is 44.2 Å². The van der Waals surface area contributed by atoms with Crippen molar-refractivity contribution in [1.29, 1.82) is 0 Å². The van der Waals surface area contributed by atoms with Crippen LogP contribution in [-0.2, 0) is 30.4 Å². The molecule has 0 saturated carbocycles. The van der Waals surface area contributed by atoms with Crippen LogP contribution in [0.15, 0.2) is 55.6 Å². The third-order valence-corrected chi connectivity index (χ3v) is 8.55. The van der Waals surface area contributed by atoms with Gasteiger partial charge in [-0.05, 0) is 44.1 Å². The first-order chi connectivity index (χ1) is 18.2. The van der Waals surface area contributed by atoms with Crippen LogP contribution >= 0.6 is 0 Å². The molecule has 1 spiro atoms. The molecule has 3 heterocycles. The van der Waals surface area contributed by atoms with Crippen LogP contribution in [0.2, 0.25) is 0 Å². The van der Waals surface area contributed by atoms with Gasteiger partial charge >= 0.3 is 5.97 Å². The SMILES string of the molecule is C=CCCOC(=O)[C@@H]1[C@H]2C(=O)N(CCCCO)C(C(=O)N(CC=C)Cc3ccccc3)C23CC(C)[C@@]1(C)O3. The predicted molar refractivity (Wildman–Crippen MR) is 143 cm³/mol. The van der Waals surface area contributed by atoms with Gasteiger partial charge in [-0.2, -0.15) is 0 Å². The molecule has 3 fully saturated rings. The van der Waals surface area contributed by atoms with Crippen LogP contribution < -0.4 is 0 Å². The van der Waals surface area contributed by atoms with Gasteiger partial charge in [0.1, 0.15) is 17.6 Å². The number of benzene rings is 1. The maximum atomic E-state index is 14.4. The number of hydrogen-bond donors (Lipinski definition) is 1. The lowest BCUT2D eigenvalue weighted by atomic mass is 9.62. The standard InChI is InChI=1S/C30H40N2O6/c1-5-7-18-37-28(36)24-23-26(34)32(16-11-12-17-33)25(30(23)19-21(3)29(24,4)38-30)27(35)31(15-6-2)20-22-13-9-8-10-14-22/h5-6,8-10,13-14,21,23-25,33H,1-2,7,11-12,15-20H2,3-4H3/t21?,23-,24-,25?,29+,30?/m0/s1.